The molecule has 1 saturated heterocycles. The monoisotopic (exact) mass is 424 g/mol. The van der Waals surface area contributed by atoms with Crippen LogP contribution < -0.4 is 10.6 Å². The van der Waals surface area contributed by atoms with Crippen molar-refractivity contribution in [2.45, 2.75) is 19.9 Å². The first-order valence-corrected chi connectivity index (χ1v) is 10.1. The number of ether oxygens (including phenoxy) is 1. The molecule has 1 aliphatic rings. The summed E-state index contributed by atoms with van der Waals surface area (Å²) in [6.45, 7) is 6.89. The Morgan fingerprint density at radius 1 is 1.14 bits per heavy atom. The van der Waals surface area contributed by atoms with Gasteiger partial charge in [-0.05, 0) is 17.5 Å². The molecule has 9 heteroatoms. The van der Waals surface area contributed by atoms with Crippen molar-refractivity contribution in [2.75, 3.05) is 46.4 Å². The van der Waals surface area contributed by atoms with Crippen LogP contribution in [0.4, 0.5) is 4.79 Å². The minimum atomic E-state index is -0.591. The van der Waals surface area contributed by atoms with Gasteiger partial charge in [-0.15, -0.1) is 0 Å². The maximum Gasteiger partial charge on any atom is 0.327 e. The highest BCUT2D eigenvalue weighted by molar-refractivity contribution is 6.31. The third kappa shape index (κ3) is 6.99. The molecule has 0 spiro atoms. The predicted octanol–water partition coefficient (Wildman–Crippen LogP) is 1.65. The number of carbonyl (C=O) groups excluding carboxylic acids is 3. The highest BCUT2D eigenvalue weighted by Crippen LogP contribution is 2.29. The second-order valence-electron chi connectivity index (χ2n) is 7.41. The lowest BCUT2D eigenvalue weighted by Gasteiger charge is -2.38. The van der Waals surface area contributed by atoms with Crippen molar-refractivity contribution in [3.05, 3.63) is 34.9 Å². The van der Waals surface area contributed by atoms with Crippen molar-refractivity contribution in [1.82, 2.24) is 20.4 Å². The average molecular weight is 425 g/mol. The van der Waals surface area contributed by atoms with Gasteiger partial charge >= 0.3 is 12.0 Å². The van der Waals surface area contributed by atoms with E-state index in [1.165, 1.54) is 7.11 Å². The van der Waals surface area contributed by atoms with Crippen molar-refractivity contribution in [1.29, 1.82) is 0 Å². The van der Waals surface area contributed by atoms with Gasteiger partial charge in [-0.1, -0.05) is 43.6 Å². The first-order valence-electron chi connectivity index (χ1n) is 9.68. The number of hydrogen-bond donors (Lipinski definition) is 2. The maximum atomic E-state index is 12.4. The number of halogens is 1. The quantitative estimate of drug-likeness (QED) is 0.647. The number of esters is 1. The molecule has 0 aliphatic carbocycles. The van der Waals surface area contributed by atoms with Crippen LogP contribution in [-0.4, -0.2) is 74.1 Å². The summed E-state index contributed by atoms with van der Waals surface area (Å²) in [5.74, 6) is -0.411. The molecule has 2 rings (SSSR count). The van der Waals surface area contributed by atoms with Crippen LogP contribution in [0.1, 0.15) is 25.5 Å². The summed E-state index contributed by atoms with van der Waals surface area (Å²) in [7, 11) is 1.36. The molecule has 160 valence electrons. The third-order valence-corrected chi connectivity index (χ3v) is 5.03. The summed E-state index contributed by atoms with van der Waals surface area (Å²) in [4.78, 5) is 40.1. The molecule has 1 heterocycles. The lowest BCUT2D eigenvalue weighted by molar-refractivity contribution is -0.148. The summed E-state index contributed by atoms with van der Waals surface area (Å²) in [5.41, 5.74) is 0.703. The van der Waals surface area contributed by atoms with Crippen LogP contribution in [0.2, 0.25) is 5.02 Å². The molecular formula is C20H29ClN4O4. The third-order valence-electron chi connectivity index (χ3n) is 4.69. The smallest absolute Gasteiger partial charge is 0.327 e. The predicted molar refractivity (Wildman–Crippen MR) is 111 cm³/mol. The van der Waals surface area contributed by atoms with Crippen LogP contribution in [-0.2, 0) is 14.3 Å². The van der Waals surface area contributed by atoms with Crippen molar-refractivity contribution in [3.63, 3.8) is 0 Å². The topological polar surface area (TPSA) is 91.0 Å². The van der Waals surface area contributed by atoms with E-state index in [2.05, 4.69) is 10.6 Å². The standard InChI is InChI=1S/C20H29ClN4O4/c1-14(2)12-22-20(28)23-17(26)13-24-8-10-25(11-9-24)18(19(27)29-3)15-6-4-5-7-16(15)21/h4-7,14,18H,8-13H2,1-3H3,(H2,22,23,26,28). The summed E-state index contributed by atoms with van der Waals surface area (Å²) in [5, 5.41) is 5.51. The summed E-state index contributed by atoms with van der Waals surface area (Å²) >= 11 is 6.29. The van der Waals surface area contributed by atoms with E-state index in [-0.39, 0.29) is 18.4 Å². The van der Waals surface area contributed by atoms with E-state index < -0.39 is 12.1 Å². The number of nitrogens with one attached hydrogen (secondary N) is 2. The Morgan fingerprint density at radius 2 is 1.79 bits per heavy atom. The van der Waals surface area contributed by atoms with E-state index in [1.54, 1.807) is 6.07 Å². The zero-order chi connectivity index (χ0) is 21.4. The van der Waals surface area contributed by atoms with Crippen LogP contribution in [0.3, 0.4) is 0 Å². The average Bonchev–Trinajstić information content (AvgIpc) is 2.69. The van der Waals surface area contributed by atoms with Gasteiger partial charge in [0.2, 0.25) is 5.91 Å². The van der Waals surface area contributed by atoms with Gasteiger partial charge in [-0.3, -0.25) is 19.9 Å². The number of imide groups is 1. The molecule has 0 aromatic heterocycles. The number of methoxy groups -OCH3 is 1. The fourth-order valence-electron chi connectivity index (χ4n) is 3.17. The summed E-state index contributed by atoms with van der Waals surface area (Å²) in [6.07, 6.45) is 0. The normalized spacial score (nSPS) is 16.3. The van der Waals surface area contributed by atoms with Crippen LogP contribution in [0.25, 0.3) is 0 Å². The van der Waals surface area contributed by atoms with E-state index in [4.69, 9.17) is 16.3 Å². The Kier molecular flexibility index (Phi) is 8.88. The molecular weight excluding hydrogens is 396 g/mol. The SMILES string of the molecule is COC(=O)C(c1ccccc1Cl)N1CCN(CC(=O)NC(=O)NCC(C)C)CC1. The number of carbonyl (C=O) groups is 3. The van der Waals surface area contributed by atoms with Gasteiger partial charge in [-0.25, -0.2) is 9.59 Å². The van der Waals surface area contributed by atoms with Gasteiger partial charge in [0.25, 0.3) is 0 Å². The molecule has 3 amide bonds. The van der Waals surface area contributed by atoms with Crippen molar-refractivity contribution >= 4 is 29.5 Å². The fraction of sp³-hybridized carbons (Fsp3) is 0.550. The van der Waals surface area contributed by atoms with Crippen LogP contribution in [0.15, 0.2) is 24.3 Å². The molecule has 1 unspecified atom stereocenters. The molecule has 1 aromatic carbocycles. The minimum Gasteiger partial charge on any atom is -0.468 e. The first kappa shape index (κ1) is 23.1. The largest absolute Gasteiger partial charge is 0.468 e. The second-order valence-corrected chi connectivity index (χ2v) is 7.82. The number of nitrogens with zero attached hydrogens (tertiary/aromatic N) is 2. The summed E-state index contributed by atoms with van der Waals surface area (Å²) < 4.78 is 4.99. The van der Waals surface area contributed by atoms with Crippen molar-refractivity contribution in [2.24, 2.45) is 5.92 Å². The Hall–Kier alpha value is -2.16. The molecule has 0 radical (unpaired) electrons. The highest BCUT2D eigenvalue weighted by atomic mass is 35.5. The van der Waals surface area contributed by atoms with Gasteiger partial charge in [0, 0.05) is 37.7 Å². The van der Waals surface area contributed by atoms with Crippen LogP contribution in [0.5, 0.6) is 0 Å². The minimum absolute atomic E-state index is 0.123. The Morgan fingerprint density at radius 3 is 2.38 bits per heavy atom. The van der Waals surface area contributed by atoms with Gasteiger partial charge in [-0.2, -0.15) is 0 Å². The zero-order valence-corrected chi connectivity index (χ0v) is 17.9. The number of benzene rings is 1. The Balaban J connectivity index is 1.89. The molecule has 1 fully saturated rings. The Labute approximate surface area is 176 Å². The zero-order valence-electron chi connectivity index (χ0n) is 17.1. The molecule has 1 aromatic rings. The van der Waals surface area contributed by atoms with Gasteiger partial charge in [0.15, 0.2) is 0 Å². The highest BCUT2D eigenvalue weighted by Gasteiger charge is 2.32. The van der Waals surface area contributed by atoms with E-state index >= 15 is 0 Å². The number of amides is 3. The van der Waals surface area contributed by atoms with E-state index in [9.17, 15) is 14.4 Å². The molecule has 8 nitrogen and oxygen atoms in total. The number of hydrogen-bond acceptors (Lipinski definition) is 6. The summed E-state index contributed by atoms with van der Waals surface area (Å²) in [6, 6.07) is 6.14. The fourth-order valence-corrected chi connectivity index (χ4v) is 3.41. The lowest BCUT2D eigenvalue weighted by atomic mass is 10.0. The van der Waals surface area contributed by atoms with E-state index in [0.717, 1.165) is 0 Å². The van der Waals surface area contributed by atoms with Crippen LogP contribution in [0, 0.1) is 5.92 Å². The number of piperazine rings is 1. The van der Waals surface area contributed by atoms with Gasteiger partial charge < -0.3 is 10.1 Å². The van der Waals surface area contributed by atoms with Gasteiger partial charge in [0.05, 0.1) is 13.7 Å². The van der Waals surface area contributed by atoms with E-state index in [0.29, 0.717) is 49.2 Å². The Bertz CT molecular complexity index is 720. The van der Waals surface area contributed by atoms with E-state index in [1.807, 2.05) is 41.8 Å². The second kappa shape index (κ2) is 11.1. The first-order chi connectivity index (χ1) is 13.8. The molecule has 1 aliphatic heterocycles. The molecule has 0 saturated carbocycles. The lowest BCUT2D eigenvalue weighted by Crippen LogP contribution is -2.52. The maximum absolute atomic E-state index is 12.4. The molecule has 0 bridgehead atoms. The van der Waals surface area contributed by atoms with Gasteiger partial charge in [0.1, 0.15) is 6.04 Å². The van der Waals surface area contributed by atoms with Crippen LogP contribution >= 0.6 is 11.6 Å². The number of urea groups is 1. The number of rotatable bonds is 7. The molecule has 1 atom stereocenters. The van der Waals surface area contributed by atoms with Crippen molar-refractivity contribution in [3.8, 4) is 0 Å². The van der Waals surface area contributed by atoms with Crippen molar-refractivity contribution < 1.29 is 19.1 Å². The molecule has 2 N–H and O–H groups in total. The molecule has 29 heavy (non-hydrogen) atoms.